The number of anilines is 1. The summed E-state index contributed by atoms with van der Waals surface area (Å²) in [6.07, 6.45) is 0. The number of furan rings is 1. The summed E-state index contributed by atoms with van der Waals surface area (Å²) in [5.41, 5.74) is 1.26. The van der Waals surface area contributed by atoms with E-state index in [9.17, 15) is 9.59 Å². The minimum absolute atomic E-state index is 0.127. The van der Waals surface area contributed by atoms with Gasteiger partial charge in [-0.2, -0.15) is 0 Å². The first-order valence-corrected chi connectivity index (χ1v) is 8.40. The largest absolute Gasteiger partial charge is 0.465 e. The Bertz CT molecular complexity index is 948. The maximum absolute atomic E-state index is 12.3. The first-order valence-electron chi connectivity index (χ1n) is 7.21. The SMILES string of the molecule is COC(=O)c1sc(NC(=O)c2ccc(-c3cccc(Cl)c3)o2)nc1C. The number of carbonyl (C=O) groups excluding carboxylic acids is 2. The van der Waals surface area contributed by atoms with Crippen molar-refractivity contribution in [3.05, 3.63) is 57.8 Å². The number of nitrogens with one attached hydrogen (secondary N) is 1. The van der Waals surface area contributed by atoms with Crippen molar-refractivity contribution in [3.8, 4) is 11.3 Å². The maximum atomic E-state index is 12.3. The molecule has 0 atom stereocenters. The van der Waals surface area contributed by atoms with Gasteiger partial charge in [0.1, 0.15) is 10.6 Å². The van der Waals surface area contributed by atoms with Crippen LogP contribution in [0.15, 0.2) is 40.8 Å². The van der Waals surface area contributed by atoms with E-state index in [0.29, 0.717) is 26.5 Å². The topological polar surface area (TPSA) is 81.4 Å². The van der Waals surface area contributed by atoms with Crippen LogP contribution in [0.2, 0.25) is 5.02 Å². The van der Waals surface area contributed by atoms with Crippen LogP contribution in [0.3, 0.4) is 0 Å². The maximum Gasteiger partial charge on any atom is 0.350 e. The summed E-state index contributed by atoms with van der Waals surface area (Å²) in [7, 11) is 1.29. The number of hydrogen-bond donors (Lipinski definition) is 1. The van der Waals surface area contributed by atoms with Crippen molar-refractivity contribution in [2.75, 3.05) is 12.4 Å². The number of aryl methyl sites for hydroxylation is 1. The van der Waals surface area contributed by atoms with Crippen LogP contribution in [0.4, 0.5) is 5.13 Å². The summed E-state index contributed by atoms with van der Waals surface area (Å²) in [5, 5.41) is 3.49. The van der Waals surface area contributed by atoms with Gasteiger partial charge in [-0.05, 0) is 31.2 Å². The van der Waals surface area contributed by atoms with Gasteiger partial charge >= 0.3 is 5.97 Å². The Kier molecular flexibility index (Phi) is 4.87. The van der Waals surface area contributed by atoms with E-state index in [1.165, 1.54) is 7.11 Å². The number of aromatic nitrogens is 1. The number of methoxy groups -OCH3 is 1. The molecule has 0 aliphatic rings. The lowest BCUT2D eigenvalue weighted by Crippen LogP contribution is -2.10. The predicted octanol–water partition coefficient (Wildman–Crippen LogP) is 4.40. The molecule has 3 rings (SSSR count). The van der Waals surface area contributed by atoms with Crippen LogP contribution >= 0.6 is 22.9 Å². The number of esters is 1. The van der Waals surface area contributed by atoms with E-state index in [0.717, 1.165) is 16.9 Å². The van der Waals surface area contributed by atoms with Crippen molar-refractivity contribution in [2.24, 2.45) is 0 Å². The number of hydrogen-bond acceptors (Lipinski definition) is 6. The Hall–Kier alpha value is -2.64. The molecule has 6 nitrogen and oxygen atoms in total. The highest BCUT2D eigenvalue weighted by Crippen LogP contribution is 2.27. The number of amides is 1. The number of nitrogens with zero attached hydrogens (tertiary/aromatic N) is 1. The van der Waals surface area contributed by atoms with Gasteiger partial charge in [0.15, 0.2) is 10.9 Å². The van der Waals surface area contributed by atoms with Crippen molar-refractivity contribution in [1.29, 1.82) is 0 Å². The molecular weight excluding hydrogens is 364 g/mol. The van der Waals surface area contributed by atoms with Crippen molar-refractivity contribution in [3.63, 3.8) is 0 Å². The van der Waals surface area contributed by atoms with Crippen LogP contribution in [0.5, 0.6) is 0 Å². The zero-order valence-electron chi connectivity index (χ0n) is 13.3. The minimum atomic E-state index is -0.489. The molecule has 1 aromatic carbocycles. The van der Waals surface area contributed by atoms with Gasteiger partial charge in [0.25, 0.3) is 5.91 Å². The van der Waals surface area contributed by atoms with Gasteiger partial charge < -0.3 is 9.15 Å². The molecule has 0 saturated carbocycles. The summed E-state index contributed by atoms with van der Waals surface area (Å²) in [4.78, 5) is 28.4. The number of benzene rings is 1. The summed E-state index contributed by atoms with van der Waals surface area (Å²) in [5.74, 6) is -0.296. The van der Waals surface area contributed by atoms with Crippen molar-refractivity contribution >= 4 is 39.9 Å². The molecule has 1 N–H and O–H groups in total. The smallest absolute Gasteiger partial charge is 0.350 e. The number of ether oxygens (including phenoxy) is 1. The van der Waals surface area contributed by atoms with E-state index in [1.54, 1.807) is 37.3 Å². The van der Waals surface area contributed by atoms with E-state index in [1.807, 2.05) is 6.07 Å². The minimum Gasteiger partial charge on any atom is -0.465 e. The van der Waals surface area contributed by atoms with Gasteiger partial charge in [-0.25, -0.2) is 9.78 Å². The second kappa shape index (κ2) is 7.08. The molecule has 2 heterocycles. The third kappa shape index (κ3) is 3.72. The Morgan fingerprint density at radius 2 is 2.08 bits per heavy atom. The van der Waals surface area contributed by atoms with Gasteiger partial charge in [-0.15, -0.1) is 0 Å². The van der Waals surface area contributed by atoms with Crippen LogP contribution in [-0.4, -0.2) is 24.0 Å². The Balaban J connectivity index is 1.77. The monoisotopic (exact) mass is 376 g/mol. The Morgan fingerprint density at radius 1 is 1.28 bits per heavy atom. The lowest BCUT2D eigenvalue weighted by Gasteiger charge is -1.99. The molecule has 0 aliphatic carbocycles. The Morgan fingerprint density at radius 3 is 2.80 bits per heavy atom. The molecule has 128 valence electrons. The highest BCUT2D eigenvalue weighted by atomic mass is 35.5. The number of thiazole rings is 1. The predicted molar refractivity (Wildman–Crippen MR) is 95.3 cm³/mol. The second-order valence-corrected chi connectivity index (χ2v) is 6.49. The summed E-state index contributed by atoms with van der Waals surface area (Å²) in [6, 6.07) is 10.4. The number of carbonyl (C=O) groups is 2. The summed E-state index contributed by atoms with van der Waals surface area (Å²) < 4.78 is 10.3. The fourth-order valence-electron chi connectivity index (χ4n) is 2.15. The fourth-order valence-corrected chi connectivity index (χ4v) is 3.22. The zero-order chi connectivity index (χ0) is 18.0. The van der Waals surface area contributed by atoms with E-state index in [2.05, 4.69) is 15.0 Å². The lowest BCUT2D eigenvalue weighted by atomic mass is 10.2. The first kappa shape index (κ1) is 17.2. The highest BCUT2D eigenvalue weighted by Gasteiger charge is 2.19. The van der Waals surface area contributed by atoms with Gasteiger partial charge in [0.2, 0.25) is 0 Å². The van der Waals surface area contributed by atoms with E-state index >= 15 is 0 Å². The molecule has 25 heavy (non-hydrogen) atoms. The van der Waals surface area contributed by atoms with Crippen molar-refractivity contribution in [1.82, 2.24) is 4.98 Å². The van der Waals surface area contributed by atoms with Crippen molar-refractivity contribution < 1.29 is 18.7 Å². The molecule has 0 spiro atoms. The van der Waals surface area contributed by atoms with Gasteiger partial charge in [0.05, 0.1) is 12.8 Å². The highest BCUT2D eigenvalue weighted by molar-refractivity contribution is 7.17. The molecule has 3 aromatic rings. The molecule has 1 amide bonds. The summed E-state index contributed by atoms with van der Waals surface area (Å²) in [6.45, 7) is 1.67. The molecule has 0 radical (unpaired) electrons. The van der Waals surface area contributed by atoms with Gasteiger partial charge in [0, 0.05) is 10.6 Å². The standard InChI is InChI=1S/C17H13ClN2O4S/c1-9-14(16(22)23-2)25-17(19-9)20-15(21)13-7-6-12(24-13)10-4-3-5-11(18)8-10/h3-8H,1-2H3,(H,19,20,21). The van der Waals surface area contributed by atoms with Crippen molar-refractivity contribution in [2.45, 2.75) is 6.92 Å². The van der Waals surface area contributed by atoms with E-state index in [-0.39, 0.29) is 5.76 Å². The zero-order valence-corrected chi connectivity index (χ0v) is 14.9. The normalized spacial score (nSPS) is 10.5. The van der Waals surface area contributed by atoms with Crippen LogP contribution in [0, 0.1) is 6.92 Å². The van der Waals surface area contributed by atoms with Crippen LogP contribution in [0.25, 0.3) is 11.3 Å². The average molecular weight is 377 g/mol. The number of rotatable bonds is 4. The average Bonchev–Trinajstić information content (AvgIpc) is 3.21. The number of halogens is 1. The molecular formula is C17H13ClN2O4S. The van der Waals surface area contributed by atoms with Crippen LogP contribution in [-0.2, 0) is 4.74 Å². The van der Waals surface area contributed by atoms with E-state index < -0.39 is 11.9 Å². The third-order valence-corrected chi connectivity index (χ3v) is 4.61. The molecule has 0 saturated heterocycles. The molecule has 8 heteroatoms. The molecule has 0 bridgehead atoms. The van der Waals surface area contributed by atoms with Gasteiger partial charge in [-0.1, -0.05) is 35.1 Å². The quantitative estimate of drug-likeness (QED) is 0.682. The van der Waals surface area contributed by atoms with E-state index in [4.69, 9.17) is 16.0 Å². The Labute approximate surface area is 152 Å². The molecule has 0 unspecified atom stereocenters. The lowest BCUT2D eigenvalue weighted by molar-refractivity contribution is 0.0605. The first-order chi connectivity index (χ1) is 12.0. The fraction of sp³-hybridized carbons (Fsp3) is 0.118. The summed E-state index contributed by atoms with van der Waals surface area (Å²) >= 11 is 7.00. The van der Waals surface area contributed by atoms with Crippen LogP contribution in [0.1, 0.15) is 25.9 Å². The van der Waals surface area contributed by atoms with Crippen LogP contribution < -0.4 is 5.32 Å². The molecule has 0 aliphatic heterocycles. The van der Waals surface area contributed by atoms with Gasteiger partial charge in [-0.3, -0.25) is 10.1 Å². The molecule has 2 aromatic heterocycles. The molecule has 0 fully saturated rings. The third-order valence-electron chi connectivity index (χ3n) is 3.33. The second-order valence-electron chi connectivity index (χ2n) is 5.05.